The second-order valence-corrected chi connectivity index (χ2v) is 8.14. The minimum Gasteiger partial charge on any atom is -0.495 e. The molecule has 11 heteroatoms. The van der Waals surface area contributed by atoms with E-state index in [0.717, 1.165) is 57.0 Å². The van der Waals surface area contributed by atoms with Gasteiger partial charge in [-0.15, -0.1) is 0 Å². The largest absolute Gasteiger partial charge is 0.495 e. The van der Waals surface area contributed by atoms with Gasteiger partial charge in [-0.1, -0.05) is 12.1 Å². The maximum atomic E-state index is 12.2. The number of anilines is 1. The third kappa shape index (κ3) is 10.3. The Kier molecular flexibility index (Phi) is 12.7. The van der Waals surface area contributed by atoms with E-state index in [2.05, 4.69) is 21.2 Å². The van der Waals surface area contributed by atoms with E-state index in [9.17, 15) is 9.18 Å². The molecular weight excluding hydrogens is 485 g/mol. The highest BCUT2D eigenvalue weighted by Gasteiger charge is 2.19. The summed E-state index contributed by atoms with van der Waals surface area (Å²) in [7, 11) is 1.71. The number of amides is 1. The SMILES string of the molecule is COc1ccccc1N1CCN(CCCCNC(=O)c2ccc(OCCF)cc2)CC1.O=C(O)C(=O)O. The fourth-order valence-electron chi connectivity index (χ4n) is 3.73. The molecule has 1 saturated heterocycles. The van der Waals surface area contributed by atoms with Crippen LogP contribution in [0, 0.1) is 0 Å². The van der Waals surface area contributed by atoms with Gasteiger partial charge < -0.3 is 29.9 Å². The summed E-state index contributed by atoms with van der Waals surface area (Å²) in [6.07, 6.45) is 1.99. The monoisotopic (exact) mass is 519 g/mol. The van der Waals surface area contributed by atoms with Crippen LogP contribution in [0.25, 0.3) is 0 Å². The number of methoxy groups -OCH3 is 1. The number of carbonyl (C=O) groups excluding carboxylic acids is 1. The fourth-order valence-corrected chi connectivity index (χ4v) is 3.73. The molecule has 0 atom stereocenters. The average molecular weight is 520 g/mol. The van der Waals surface area contributed by atoms with E-state index in [1.54, 1.807) is 31.4 Å². The molecule has 0 radical (unpaired) electrons. The van der Waals surface area contributed by atoms with Crippen LogP contribution in [-0.2, 0) is 9.59 Å². The van der Waals surface area contributed by atoms with Crippen molar-refractivity contribution in [3.05, 3.63) is 54.1 Å². The van der Waals surface area contributed by atoms with Crippen molar-refractivity contribution in [3.63, 3.8) is 0 Å². The molecule has 202 valence electrons. The van der Waals surface area contributed by atoms with Crippen molar-refractivity contribution in [1.29, 1.82) is 0 Å². The molecule has 1 aliphatic heterocycles. The van der Waals surface area contributed by atoms with E-state index in [4.69, 9.17) is 29.3 Å². The number of hydrogen-bond acceptors (Lipinski definition) is 7. The van der Waals surface area contributed by atoms with Gasteiger partial charge in [0.25, 0.3) is 5.91 Å². The summed E-state index contributed by atoms with van der Waals surface area (Å²) < 4.78 is 22.8. The van der Waals surface area contributed by atoms with Crippen LogP contribution >= 0.6 is 0 Å². The van der Waals surface area contributed by atoms with E-state index >= 15 is 0 Å². The minimum absolute atomic E-state index is 0.0288. The first kappa shape index (κ1) is 29.4. The Balaban J connectivity index is 0.000000717. The van der Waals surface area contributed by atoms with Gasteiger partial charge in [0.05, 0.1) is 12.8 Å². The number of para-hydroxylation sites is 2. The van der Waals surface area contributed by atoms with Crippen molar-refractivity contribution in [2.24, 2.45) is 0 Å². The molecule has 0 spiro atoms. The lowest BCUT2D eigenvalue weighted by molar-refractivity contribution is -0.159. The molecule has 0 aliphatic carbocycles. The zero-order valence-corrected chi connectivity index (χ0v) is 20.9. The fraction of sp³-hybridized carbons (Fsp3) is 0.423. The number of unbranched alkanes of at least 4 members (excludes halogenated alkanes) is 1. The van der Waals surface area contributed by atoms with Crippen LogP contribution in [0.3, 0.4) is 0 Å². The van der Waals surface area contributed by atoms with Crippen molar-refractivity contribution in [2.75, 3.05) is 64.6 Å². The molecule has 3 rings (SSSR count). The maximum Gasteiger partial charge on any atom is 0.414 e. The topological polar surface area (TPSA) is 129 Å². The standard InChI is InChI=1S/C24H32FN3O3.C2H2O4/c1-30-23-7-3-2-6-22(23)28-17-15-27(16-18-28)14-5-4-13-26-24(29)20-8-10-21(11-9-20)31-19-12-25;3-1(4)2(5)6/h2-3,6-11H,4-5,12-19H2,1H3,(H,26,29);(H,3,4)(H,5,6). The zero-order valence-electron chi connectivity index (χ0n) is 20.9. The number of alkyl halides is 1. The van der Waals surface area contributed by atoms with Crippen molar-refractivity contribution < 1.29 is 38.5 Å². The first-order valence-corrected chi connectivity index (χ1v) is 12.0. The number of rotatable bonds is 11. The Morgan fingerprint density at radius 3 is 2.19 bits per heavy atom. The number of carbonyl (C=O) groups is 3. The van der Waals surface area contributed by atoms with E-state index in [-0.39, 0.29) is 12.5 Å². The van der Waals surface area contributed by atoms with Crippen molar-refractivity contribution in [3.8, 4) is 11.5 Å². The molecule has 1 fully saturated rings. The average Bonchev–Trinajstić information content (AvgIpc) is 2.92. The number of hydrogen-bond donors (Lipinski definition) is 3. The lowest BCUT2D eigenvalue weighted by Crippen LogP contribution is -2.46. The number of nitrogens with one attached hydrogen (secondary N) is 1. The third-order valence-electron chi connectivity index (χ3n) is 5.63. The van der Waals surface area contributed by atoms with Crippen LogP contribution in [0.4, 0.5) is 10.1 Å². The molecule has 0 bridgehead atoms. The Bertz CT molecular complexity index is 984. The second kappa shape index (κ2) is 16.0. The quantitative estimate of drug-likeness (QED) is 0.303. The highest BCUT2D eigenvalue weighted by Crippen LogP contribution is 2.28. The molecule has 1 aliphatic rings. The van der Waals surface area contributed by atoms with Gasteiger partial charge in [0.2, 0.25) is 0 Å². The molecule has 0 saturated carbocycles. The van der Waals surface area contributed by atoms with Crippen LogP contribution in [0.15, 0.2) is 48.5 Å². The molecule has 2 aromatic rings. The van der Waals surface area contributed by atoms with Gasteiger partial charge in [0.1, 0.15) is 24.8 Å². The van der Waals surface area contributed by atoms with Crippen molar-refractivity contribution in [1.82, 2.24) is 10.2 Å². The summed E-state index contributed by atoms with van der Waals surface area (Å²) in [5, 5.41) is 17.7. The molecule has 10 nitrogen and oxygen atoms in total. The van der Waals surface area contributed by atoms with Gasteiger partial charge in [-0.05, 0) is 55.8 Å². The van der Waals surface area contributed by atoms with Gasteiger partial charge in [-0.25, -0.2) is 14.0 Å². The Labute approximate surface area is 215 Å². The molecule has 1 amide bonds. The Morgan fingerprint density at radius 1 is 0.946 bits per heavy atom. The minimum atomic E-state index is -1.82. The lowest BCUT2D eigenvalue weighted by Gasteiger charge is -2.36. The number of ether oxygens (including phenoxy) is 2. The number of aliphatic carboxylic acids is 2. The number of carboxylic acids is 2. The predicted molar refractivity (Wildman–Crippen MR) is 136 cm³/mol. The van der Waals surface area contributed by atoms with Crippen molar-refractivity contribution in [2.45, 2.75) is 12.8 Å². The van der Waals surface area contributed by atoms with E-state index < -0.39 is 18.6 Å². The highest BCUT2D eigenvalue weighted by atomic mass is 19.1. The summed E-state index contributed by atoms with van der Waals surface area (Å²) in [6.45, 7) is 5.23. The summed E-state index contributed by atoms with van der Waals surface area (Å²) in [6, 6.07) is 14.9. The molecule has 0 unspecified atom stereocenters. The van der Waals surface area contributed by atoms with E-state index in [1.165, 1.54) is 0 Å². The van der Waals surface area contributed by atoms with Crippen LogP contribution in [0.2, 0.25) is 0 Å². The van der Waals surface area contributed by atoms with Gasteiger partial charge in [0.15, 0.2) is 0 Å². The number of halogens is 1. The third-order valence-corrected chi connectivity index (χ3v) is 5.63. The zero-order chi connectivity index (χ0) is 27.0. The predicted octanol–water partition coefficient (Wildman–Crippen LogP) is 2.53. The van der Waals surface area contributed by atoms with Gasteiger partial charge in [-0.2, -0.15) is 0 Å². The maximum absolute atomic E-state index is 12.2. The number of benzene rings is 2. The van der Waals surface area contributed by atoms with Gasteiger partial charge in [0, 0.05) is 38.3 Å². The molecular formula is C26H34FN3O7. The van der Waals surface area contributed by atoms with Crippen LogP contribution < -0.4 is 19.7 Å². The smallest absolute Gasteiger partial charge is 0.414 e. The van der Waals surface area contributed by atoms with Gasteiger partial charge >= 0.3 is 11.9 Å². The molecule has 37 heavy (non-hydrogen) atoms. The van der Waals surface area contributed by atoms with Crippen LogP contribution in [0.1, 0.15) is 23.2 Å². The van der Waals surface area contributed by atoms with Gasteiger partial charge in [-0.3, -0.25) is 9.69 Å². The van der Waals surface area contributed by atoms with E-state index in [1.807, 2.05) is 18.2 Å². The lowest BCUT2D eigenvalue weighted by atomic mass is 10.2. The number of nitrogens with zero attached hydrogens (tertiary/aromatic N) is 2. The van der Waals surface area contributed by atoms with E-state index in [0.29, 0.717) is 17.9 Å². The van der Waals surface area contributed by atoms with Crippen LogP contribution in [0.5, 0.6) is 11.5 Å². The van der Waals surface area contributed by atoms with Crippen molar-refractivity contribution >= 4 is 23.5 Å². The molecule has 2 aromatic carbocycles. The summed E-state index contributed by atoms with van der Waals surface area (Å²) in [5.74, 6) is -2.25. The Hall–Kier alpha value is -3.86. The first-order chi connectivity index (χ1) is 17.8. The summed E-state index contributed by atoms with van der Waals surface area (Å²) >= 11 is 0. The van der Waals surface area contributed by atoms with Crippen LogP contribution in [-0.4, -0.2) is 92.6 Å². The highest BCUT2D eigenvalue weighted by molar-refractivity contribution is 6.27. The molecule has 3 N–H and O–H groups in total. The number of carboxylic acid groups (broad SMARTS) is 2. The normalized spacial score (nSPS) is 13.2. The Morgan fingerprint density at radius 2 is 1.59 bits per heavy atom. The summed E-state index contributed by atoms with van der Waals surface area (Å²) in [4.78, 5) is 35.3. The number of piperazine rings is 1. The molecule has 1 heterocycles. The summed E-state index contributed by atoms with van der Waals surface area (Å²) in [5.41, 5.74) is 1.74. The second-order valence-electron chi connectivity index (χ2n) is 8.14. The first-order valence-electron chi connectivity index (χ1n) is 12.0. The molecule has 0 aromatic heterocycles.